The number of aromatic nitrogens is 2. The number of rotatable bonds is 4. The van der Waals surface area contributed by atoms with Crippen LogP contribution in [0.25, 0.3) is 0 Å². The summed E-state index contributed by atoms with van der Waals surface area (Å²) >= 11 is 0. The molecule has 0 unspecified atom stereocenters. The maximum atomic E-state index is 11.7. The van der Waals surface area contributed by atoms with Gasteiger partial charge in [-0.1, -0.05) is 29.8 Å². The van der Waals surface area contributed by atoms with Crippen LogP contribution in [0.2, 0.25) is 0 Å². The molecule has 2 N–H and O–H groups in total. The van der Waals surface area contributed by atoms with Gasteiger partial charge in [-0.05, 0) is 12.5 Å². The van der Waals surface area contributed by atoms with E-state index in [1.165, 1.54) is 5.56 Å². The Bertz CT molecular complexity index is 491. The predicted octanol–water partition coefficient (Wildman–Crippen LogP) is 1.58. The minimum absolute atomic E-state index is 0.0248. The van der Waals surface area contributed by atoms with Gasteiger partial charge < -0.3 is 5.32 Å². The lowest BCUT2D eigenvalue weighted by Crippen LogP contribution is -2.24. The third kappa shape index (κ3) is 3.45. The van der Waals surface area contributed by atoms with E-state index in [4.69, 9.17) is 0 Å². The maximum absolute atomic E-state index is 11.7. The van der Waals surface area contributed by atoms with E-state index in [9.17, 15) is 4.79 Å². The van der Waals surface area contributed by atoms with Crippen molar-refractivity contribution >= 4 is 5.91 Å². The minimum Gasteiger partial charge on any atom is -0.352 e. The topological polar surface area (TPSA) is 57.8 Å². The highest BCUT2D eigenvalue weighted by Gasteiger charge is 2.03. The number of aryl methyl sites for hydroxylation is 1. The van der Waals surface area contributed by atoms with Gasteiger partial charge in [0.15, 0.2) is 0 Å². The Morgan fingerprint density at radius 2 is 2.29 bits per heavy atom. The molecule has 0 saturated carbocycles. The van der Waals surface area contributed by atoms with Gasteiger partial charge >= 0.3 is 0 Å². The number of carbonyl (C=O) groups excluding carboxylic acids is 1. The molecular formula is C13H15N3O. The quantitative estimate of drug-likeness (QED) is 0.836. The van der Waals surface area contributed by atoms with Gasteiger partial charge in [0.25, 0.3) is 0 Å². The molecule has 4 heteroatoms. The van der Waals surface area contributed by atoms with Crippen molar-refractivity contribution in [2.45, 2.75) is 19.9 Å². The lowest BCUT2D eigenvalue weighted by molar-refractivity contribution is -0.120. The van der Waals surface area contributed by atoms with Crippen molar-refractivity contribution < 1.29 is 4.79 Å². The molecule has 2 rings (SSSR count). The van der Waals surface area contributed by atoms with Crippen molar-refractivity contribution in [1.82, 2.24) is 15.5 Å². The Morgan fingerprint density at radius 1 is 1.41 bits per heavy atom. The van der Waals surface area contributed by atoms with Crippen LogP contribution >= 0.6 is 0 Å². The van der Waals surface area contributed by atoms with Crippen LogP contribution in [0.4, 0.5) is 0 Å². The first-order chi connectivity index (χ1) is 8.24. The first kappa shape index (κ1) is 11.4. The monoisotopic (exact) mass is 229 g/mol. The molecule has 2 aromatic rings. The number of nitrogens with zero attached hydrogens (tertiary/aromatic N) is 1. The average Bonchev–Trinajstić information content (AvgIpc) is 2.79. The number of nitrogens with one attached hydrogen (secondary N) is 2. The zero-order valence-corrected chi connectivity index (χ0v) is 9.73. The second-order valence-electron chi connectivity index (χ2n) is 4.05. The van der Waals surface area contributed by atoms with E-state index in [1.807, 2.05) is 31.2 Å². The van der Waals surface area contributed by atoms with Gasteiger partial charge in [-0.25, -0.2) is 0 Å². The highest BCUT2D eigenvalue weighted by Crippen LogP contribution is 2.04. The molecule has 1 amide bonds. The van der Waals surface area contributed by atoms with Crippen LogP contribution in [-0.2, 0) is 17.8 Å². The third-order valence-corrected chi connectivity index (χ3v) is 2.49. The van der Waals surface area contributed by atoms with Crippen molar-refractivity contribution in [1.29, 1.82) is 0 Å². The lowest BCUT2D eigenvalue weighted by atomic mass is 10.1. The number of aromatic amines is 1. The summed E-state index contributed by atoms with van der Waals surface area (Å²) < 4.78 is 0. The standard InChI is InChI=1S/C13H15N3O/c1-10-3-2-4-11(5-10)6-13(17)14-7-12-8-15-16-9-12/h2-5,8-9H,6-7H2,1H3,(H,14,17)(H,15,16). The van der Waals surface area contributed by atoms with Gasteiger partial charge in [-0.15, -0.1) is 0 Å². The molecule has 0 aliphatic rings. The van der Waals surface area contributed by atoms with E-state index < -0.39 is 0 Å². The summed E-state index contributed by atoms with van der Waals surface area (Å²) in [6.45, 7) is 2.54. The SMILES string of the molecule is Cc1cccc(CC(=O)NCc2cn[nH]c2)c1. The van der Waals surface area contributed by atoms with Crippen LogP contribution < -0.4 is 5.32 Å². The first-order valence-electron chi connectivity index (χ1n) is 5.54. The van der Waals surface area contributed by atoms with Crippen LogP contribution in [0.1, 0.15) is 16.7 Å². The number of benzene rings is 1. The van der Waals surface area contributed by atoms with E-state index in [1.54, 1.807) is 12.4 Å². The number of carbonyl (C=O) groups is 1. The summed E-state index contributed by atoms with van der Waals surface area (Å²) in [6, 6.07) is 7.97. The summed E-state index contributed by atoms with van der Waals surface area (Å²) in [6.07, 6.45) is 3.89. The highest BCUT2D eigenvalue weighted by molar-refractivity contribution is 5.78. The first-order valence-corrected chi connectivity index (χ1v) is 5.54. The third-order valence-electron chi connectivity index (χ3n) is 2.49. The van der Waals surface area contributed by atoms with Crippen molar-refractivity contribution in [3.05, 3.63) is 53.3 Å². The zero-order chi connectivity index (χ0) is 12.1. The summed E-state index contributed by atoms with van der Waals surface area (Å²) in [5.41, 5.74) is 3.18. The summed E-state index contributed by atoms with van der Waals surface area (Å²) in [5.74, 6) is 0.0248. The van der Waals surface area contributed by atoms with Crippen LogP contribution in [-0.4, -0.2) is 16.1 Å². The Kier molecular flexibility index (Phi) is 3.55. The summed E-state index contributed by atoms with van der Waals surface area (Å²) in [5, 5.41) is 9.38. The maximum Gasteiger partial charge on any atom is 0.224 e. The Labute approximate surface area is 100 Å². The van der Waals surface area contributed by atoms with Crippen molar-refractivity contribution in [3.63, 3.8) is 0 Å². The molecule has 0 bridgehead atoms. The van der Waals surface area contributed by atoms with Gasteiger partial charge in [-0.2, -0.15) is 5.10 Å². The molecule has 1 aromatic heterocycles. The molecule has 1 heterocycles. The largest absolute Gasteiger partial charge is 0.352 e. The molecule has 4 nitrogen and oxygen atoms in total. The Balaban J connectivity index is 1.85. The number of H-pyrrole nitrogens is 1. The molecule has 0 spiro atoms. The van der Waals surface area contributed by atoms with E-state index in [0.717, 1.165) is 11.1 Å². The fourth-order valence-corrected chi connectivity index (χ4v) is 1.64. The molecule has 17 heavy (non-hydrogen) atoms. The van der Waals surface area contributed by atoms with E-state index >= 15 is 0 Å². The molecular weight excluding hydrogens is 214 g/mol. The van der Waals surface area contributed by atoms with E-state index in [0.29, 0.717) is 13.0 Å². The number of hydrogen-bond donors (Lipinski definition) is 2. The second kappa shape index (κ2) is 5.30. The fraction of sp³-hybridized carbons (Fsp3) is 0.231. The van der Waals surface area contributed by atoms with Crippen molar-refractivity contribution in [2.75, 3.05) is 0 Å². The summed E-state index contributed by atoms with van der Waals surface area (Å²) in [4.78, 5) is 11.7. The zero-order valence-electron chi connectivity index (χ0n) is 9.73. The van der Waals surface area contributed by atoms with Gasteiger partial charge in [0.1, 0.15) is 0 Å². The van der Waals surface area contributed by atoms with Crippen LogP contribution in [0, 0.1) is 6.92 Å². The summed E-state index contributed by atoms with van der Waals surface area (Å²) in [7, 11) is 0. The normalized spacial score (nSPS) is 10.2. The smallest absolute Gasteiger partial charge is 0.224 e. The molecule has 0 aliphatic heterocycles. The Hall–Kier alpha value is -2.10. The molecule has 0 radical (unpaired) electrons. The molecule has 0 fully saturated rings. The lowest BCUT2D eigenvalue weighted by Gasteiger charge is -2.04. The average molecular weight is 229 g/mol. The van der Waals surface area contributed by atoms with Gasteiger partial charge in [0.05, 0.1) is 12.6 Å². The van der Waals surface area contributed by atoms with Crippen LogP contribution in [0.5, 0.6) is 0 Å². The van der Waals surface area contributed by atoms with Gasteiger partial charge in [0.2, 0.25) is 5.91 Å². The molecule has 88 valence electrons. The van der Waals surface area contributed by atoms with Crippen LogP contribution in [0.15, 0.2) is 36.7 Å². The van der Waals surface area contributed by atoms with Crippen molar-refractivity contribution in [2.24, 2.45) is 0 Å². The van der Waals surface area contributed by atoms with Gasteiger partial charge in [-0.3, -0.25) is 9.89 Å². The number of hydrogen-bond acceptors (Lipinski definition) is 2. The van der Waals surface area contributed by atoms with E-state index in [2.05, 4.69) is 15.5 Å². The van der Waals surface area contributed by atoms with Crippen LogP contribution in [0.3, 0.4) is 0 Å². The minimum atomic E-state index is 0.0248. The van der Waals surface area contributed by atoms with E-state index in [-0.39, 0.29) is 5.91 Å². The molecule has 0 saturated heterocycles. The molecule has 1 aromatic carbocycles. The van der Waals surface area contributed by atoms with Crippen molar-refractivity contribution in [3.8, 4) is 0 Å². The second-order valence-corrected chi connectivity index (χ2v) is 4.05. The number of amides is 1. The molecule has 0 atom stereocenters. The predicted molar refractivity (Wildman–Crippen MR) is 65.3 cm³/mol. The van der Waals surface area contributed by atoms with Gasteiger partial charge in [0, 0.05) is 18.3 Å². The molecule has 0 aliphatic carbocycles. The highest BCUT2D eigenvalue weighted by atomic mass is 16.1. The fourth-order valence-electron chi connectivity index (χ4n) is 1.64. The Morgan fingerprint density at radius 3 is 3.00 bits per heavy atom.